The lowest BCUT2D eigenvalue weighted by atomic mass is 10.2. The zero-order valence-electron chi connectivity index (χ0n) is 10.8. The van der Waals surface area contributed by atoms with E-state index in [1.807, 2.05) is 0 Å². The first-order valence-electron chi connectivity index (χ1n) is 6.51. The molecule has 1 heterocycles. The van der Waals surface area contributed by atoms with Crippen LogP contribution >= 0.6 is 0 Å². The molecule has 0 bridgehead atoms. The minimum absolute atomic E-state index is 0.0950. The van der Waals surface area contributed by atoms with Gasteiger partial charge in [0.1, 0.15) is 6.04 Å². The lowest BCUT2D eigenvalue weighted by Crippen LogP contribution is -2.46. The number of nitrogens with one attached hydrogen (secondary N) is 1. The summed E-state index contributed by atoms with van der Waals surface area (Å²) >= 11 is 0. The van der Waals surface area contributed by atoms with E-state index in [-0.39, 0.29) is 13.0 Å². The summed E-state index contributed by atoms with van der Waals surface area (Å²) in [5, 5.41) is 21.1. The molecule has 0 aromatic heterocycles. The largest absolute Gasteiger partial charge is 0.480 e. The van der Waals surface area contributed by atoms with E-state index in [0.29, 0.717) is 6.54 Å². The number of aliphatic hydroxyl groups excluding tert-OH is 1. The van der Waals surface area contributed by atoms with Crippen LogP contribution in [0.1, 0.15) is 39.0 Å². The highest BCUT2D eigenvalue weighted by Gasteiger charge is 2.38. The molecule has 2 unspecified atom stereocenters. The maximum Gasteiger partial charge on any atom is 0.326 e. The van der Waals surface area contributed by atoms with Crippen molar-refractivity contribution in [1.29, 1.82) is 0 Å². The van der Waals surface area contributed by atoms with Crippen molar-refractivity contribution in [1.82, 2.24) is 10.2 Å². The fourth-order valence-corrected chi connectivity index (χ4v) is 2.12. The summed E-state index contributed by atoms with van der Waals surface area (Å²) in [5.74, 6) is -1.06. The monoisotopic (exact) mass is 258 g/mol. The fourth-order valence-electron chi connectivity index (χ4n) is 2.12. The zero-order valence-corrected chi connectivity index (χ0v) is 10.8. The normalized spacial score (nSPS) is 23.1. The molecule has 104 valence electrons. The van der Waals surface area contributed by atoms with Gasteiger partial charge in [-0.15, -0.1) is 0 Å². The Labute approximate surface area is 107 Å². The quantitative estimate of drug-likeness (QED) is 0.615. The van der Waals surface area contributed by atoms with E-state index >= 15 is 0 Å². The topological polar surface area (TPSA) is 89.9 Å². The van der Waals surface area contributed by atoms with Crippen LogP contribution in [0.3, 0.4) is 0 Å². The van der Waals surface area contributed by atoms with Crippen LogP contribution in [0, 0.1) is 0 Å². The van der Waals surface area contributed by atoms with Gasteiger partial charge in [-0.2, -0.15) is 0 Å². The zero-order chi connectivity index (χ0) is 13.5. The molecule has 6 nitrogen and oxygen atoms in total. The van der Waals surface area contributed by atoms with Crippen LogP contribution in [0.5, 0.6) is 0 Å². The number of carboxylic acids is 1. The molecule has 0 aliphatic carbocycles. The molecule has 3 N–H and O–H groups in total. The lowest BCUT2D eigenvalue weighted by Gasteiger charge is -2.21. The van der Waals surface area contributed by atoms with Crippen molar-refractivity contribution in [2.75, 3.05) is 13.1 Å². The van der Waals surface area contributed by atoms with Gasteiger partial charge in [0.25, 0.3) is 0 Å². The molecule has 0 aromatic carbocycles. The number of nitrogens with zero attached hydrogens (tertiary/aromatic N) is 1. The second-order valence-corrected chi connectivity index (χ2v) is 4.69. The lowest BCUT2D eigenvalue weighted by molar-refractivity contribution is -0.141. The van der Waals surface area contributed by atoms with Crippen molar-refractivity contribution in [3.8, 4) is 0 Å². The van der Waals surface area contributed by atoms with Gasteiger partial charge in [-0.1, -0.05) is 26.2 Å². The molecule has 1 fully saturated rings. The van der Waals surface area contributed by atoms with Crippen LogP contribution in [0.4, 0.5) is 4.79 Å². The summed E-state index contributed by atoms with van der Waals surface area (Å²) in [7, 11) is 0. The maximum absolute atomic E-state index is 11.8. The predicted molar refractivity (Wildman–Crippen MR) is 66.3 cm³/mol. The number of amides is 2. The number of urea groups is 1. The summed E-state index contributed by atoms with van der Waals surface area (Å²) < 4.78 is 0. The van der Waals surface area contributed by atoms with Crippen molar-refractivity contribution in [2.45, 2.75) is 51.2 Å². The highest BCUT2D eigenvalue weighted by Crippen LogP contribution is 2.18. The molecule has 18 heavy (non-hydrogen) atoms. The van der Waals surface area contributed by atoms with E-state index < -0.39 is 24.1 Å². The first-order chi connectivity index (χ1) is 8.56. The number of likely N-dealkylation sites (tertiary alicyclic amines) is 1. The number of hydrogen-bond acceptors (Lipinski definition) is 3. The molecule has 2 amide bonds. The van der Waals surface area contributed by atoms with E-state index in [1.54, 1.807) is 0 Å². The average molecular weight is 258 g/mol. The summed E-state index contributed by atoms with van der Waals surface area (Å²) in [5.41, 5.74) is 0. The van der Waals surface area contributed by atoms with E-state index in [9.17, 15) is 14.7 Å². The smallest absolute Gasteiger partial charge is 0.326 e. The number of carbonyl (C=O) groups excluding carboxylic acids is 1. The molecule has 1 aliphatic rings. The van der Waals surface area contributed by atoms with E-state index in [4.69, 9.17) is 5.11 Å². The molecule has 1 saturated heterocycles. The second kappa shape index (κ2) is 7.20. The third-order valence-corrected chi connectivity index (χ3v) is 3.13. The molecule has 1 rings (SSSR count). The first kappa shape index (κ1) is 14.8. The van der Waals surface area contributed by atoms with Gasteiger partial charge in [-0.25, -0.2) is 9.59 Å². The Kier molecular flexibility index (Phi) is 5.91. The van der Waals surface area contributed by atoms with Crippen molar-refractivity contribution in [3.05, 3.63) is 0 Å². The number of carboxylic acid groups (broad SMARTS) is 1. The predicted octanol–water partition coefficient (Wildman–Crippen LogP) is 0.796. The second-order valence-electron chi connectivity index (χ2n) is 4.69. The van der Waals surface area contributed by atoms with Crippen LogP contribution in [0.25, 0.3) is 0 Å². The van der Waals surface area contributed by atoms with Crippen molar-refractivity contribution in [2.24, 2.45) is 0 Å². The van der Waals surface area contributed by atoms with Crippen molar-refractivity contribution in [3.63, 3.8) is 0 Å². The first-order valence-corrected chi connectivity index (χ1v) is 6.51. The Morgan fingerprint density at radius 1 is 1.33 bits per heavy atom. The summed E-state index contributed by atoms with van der Waals surface area (Å²) in [4.78, 5) is 23.9. The number of aliphatic hydroxyl groups is 1. The van der Waals surface area contributed by atoms with Crippen LogP contribution in [-0.2, 0) is 4.79 Å². The Hall–Kier alpha value is -1.30. The minimum atomic E-state index is -1.06. The highest BCUT2D eigenvalue weighted by atomic mass is 16.4. The van der Waals surface area contributed by atoms with Crippen LogP contribution < -0.4 is 5.32 Å². The minimum Gasteiger partial charge on any atom is -0.480 e. The van der Waals surface area contributed by atoms with Gasteiger partial charge in [0, 0.05) is 19.5 Å². The standard InChI is InChI=1S/C12H22N2O4/c1-2-3-4-5-6-13-12(18)14-8-9(15)7-10(14)11(16)17/h9-10,15H,2-8H2,1H3,(H,13,18)(H,16,17). The number of hydrogen-bond donors (Lipinski definition) is 3. The molecule has 0 saturated carbocycles. The van der Waals surface area contributed by atoms with Gasteiger partial charge >= 0.3 is 12.0 Å². The Morgan fingerprint density at radius 3 is 2.67 bits per heavy atom. The number of carbonyl (C=O) groups is 2. The third-order valence-electron chi connectivity index (χ3n) is 3.13. The summed E-state index contributed by atoms with van der Waals surface area (Å²) in [6.07, 6.45) is 3.59. The Balaban J connectivity index is 2.33. The van der Waals surface area contributed by atoms with Crippen LogP contribution in [0.2, 0.25) is 0 Å². The number of unbranched alkanes of at least 4 members (excludes halogenated alkanes) is 3. The van der Waals surface area contributed by atoms with Gasteiger partial charge in [-0.05, 0) is 6.42 Å². The van der Waals surface area contributed by atoms with E-state index in [2.05, 4.69) is 12.2 Å². The highest BCUT2D eigenvalue weighted by molar-refractivity contribution is 5.83. The van der Waals surface area contributed by atoms with Gasteiger partial charge in [0.2, 0.25) is 0 Å². The fraction of sp³-hybridized carbons (Fsp3) is 0.833. The SMILES string of the molecule is CCCCCCNC(=O)N1CC(O)CC1C(=O)O. The van der Waals surface area contributed by atoms with Gasteiger partial charge < -0.3 is 20.4 Å². The van der Waals surface area contributed by atoms with E-state index in [1.165, 1.54) is 4.90 Å². The van der Waals surface area contributed by atoms with Crippen molar-refractivity contribution >= 4 is 12.0 Å². The molecule has 2 atom stereocenters. The third kappa shape index (κ3) is 4.18. The number of aliphatic carboxylic acids is 1. The maximum atomic E-state index is 11.8. The number of β-amino-alcohol motifs (C(OH)–C–C–N with tert-alkyl or cyclic N) is 1. The Morgan fingerprint density at radius 2 is 2.06 bits per heavy atom. The molecule has 0 spiro atoms. The number of rotatable bonds is 6. The summed E-state index contributed by atoms with van der Waals surface area (Å²) in [6.45, 7) is 2.76. The van der Waals surface area contributed by atoms with Crippen molar-refractivity contribution < 1.29 is 19.8 Å². The average Bonchev–Trinajstić information content (AvgIpc) is 2.71. The molecule has 0 radical (unpaired) electrons. The van der Waals surface area contributed by atoms with Gasteiger partial charge in [0.15, 0.2) is 0 Å². The molecular weight excluding hydrogens is 236 g/mol. The van der Waals surface area contributed by atoms with Crippen LogP contribution in [0.15, 0.2) is 0 Å². The molecule has 1 aliphatic heterocycles. The van der Waals surface area contributed by atoms with E-state index in [0.717, 1.165) is 25.7 Å². The van der Waals surface area contributed by atoms with Gasteiger partial charge in [0.05, 0.1) is 6.10 Å². The summed E-state index contributed by atoms with van der Waals surface area (Å²) in [6, 6.07) is -1.30. The molecule has 0 aromatic rings. The molecule has 6 heteroatoms. The Bertz CT molecular complexity index is 296. The van der Waals surface area contributed by atoms with Gasteiger partial charge in [-0.3, -0.25) is 0 Å². The molecular formula is C12H22N2O4. The van der Waals surface area contributed by atoms with Crippen LogP contribution in [-0.4, -0.2) is 52.3 Å².